The van der Waals surface area contributed by atoms with Gasteiger partial charge in [-0.3, -0.25) is 9.89 Å². The minimum absolute atomic E-state index is 0.214. The summed E-state index contributed by atoms with van der Waals surface area (Å²) in [6.07, 6.45) is -1.18. The molecule has 0 atom stereocenters. The molecule has 0 radical (unpaired) electrons. The van der Waals surface area contributed by atoms with Crippen molar-refractivity contribution in [2.45, 2.75) is 13.0 Å². The lowest BCUT2D eigenvalue weighted by molar-refractivity contribution is 0.145. The SMILES string of the molecule is C=CCn1[nH]c(C(F)F)cc1=O. The van der Waals surface area contributed by atoms with Crippen molar-refractivity contribution in [3.63, 3.8) is 0 Å². The minimum Gasteiger partial charge on any atom is -0.294 e. The predicted octanol–water partition coefficient (Wildman–Crippen LogP) is 1.30. The smallest absolute Gasteiger partial charge is 0.279 e. The molecule has 1 aromatic rings. The maximum Gasteiger partial charge on any atom is 0.279 e. The van der Waals surface area contributed by atoms with Gasteiger partial charge in [0.15, 0.2) is 0 Å². The van der Waals surface area contributed by atoms with E-state index in [1.165, 1.54) is 6.08 Å². The third kappa shape index (κ3) is 1.61. The highest BCUT2D eigenvalue weighted by Crippen LogP contribution is 2.13. The first-order valence-corrected chi connectivity index (χ1v) is 3.34. The number of H-pyrrole nitrogens is 1. The molecule has 0 aliphatic heterocycles. The van der Waals surface area contributed by atoms with E-state index >= 15 is 0 Å². The van der Waals surface area contributed by atoms with E-state index in [-0.39, 0.29) is 12.2 Å². The second-order valence-electron chi connectivity index (χ2n) is 2.25. The fourth-order valence-corrected chi connectivity index (χ4v) is 0.831. The van der Waals surface area contributed by atoms with Crippen LogP contribution in [0.5, 0.6) is 0 Å². The van der Waals surface area contributed by atoms with Gasteiger partial charge in [-0.05, 0) is 0 Å². The molecule has 1 heterocycles. The number of hydrogen-bond acceptors (Lipinski definition) is 1. The molecule has 66 valence electrons. The number of rotatable bonds is 3. The summed E-state index contributed by atoms with van der Waals surface area (Å²) in [5.41, 5.74) is -0.827. The average Bonchev–Trinajstić information content (AvgIpc) is 2.34. The van der Waals surface area contributed by atoms with Crippen LogP contribution >= 0.6 is 0 Å². The van der Waals surface area contributed by atoms with Crippen LogP contribution in [0.3, 0.4) is 0 Å². The van der Waals surface area contributed by atoms with Gasteiger partial charge in [-0.15, -0.1) is 6.58 Å². The first kappa shape index (κ1) is 8.70. The van der Waals surface area contributed by atoms with Crippen molar-refractivity contribution >= 4 is 0 Å². The Morgan fingerprint density at radius 1 is 1.75 bits per heavy atom. The molecule has 0 aliphatic rings. The van der Waals surface area contributed by atoms with E-state index in [1.54, 1.807) is 0 Å². The molecule has 0 bridgehead atoms. The summed E-state index contributed by atoms with van der Waals surface area (Å²) >= 11 is 0. The van der Waals surface area contributed by atoms with E-state index in [0.717, 1.165) is 10.7 Å². The molecule has 0 aromatic carbocycles. The molecule has 1 rings (SSSR count). The van der Waals surface area contributed by atoms with Crippen molar-refractivity contribution < 1.29 is 8.78 Å². The molecule has 0 fully saturated rings. The van der Waals surface area contributed by atoms with Crippen LogP contribution in [-0.2, 0) is 6.54 Å². The molecule has 12 heavy (non-hydrogen) atoms. The largest absolute Gasteiger partial charge is 0.294 e. The van der Waals surface area contributed by atoms with Crippen molar-refractivity contribution in [2.75, 3.05) is 0 Å². The molecule has 0 aliphatic carbocycles. The molecular weight excluding hydrogens is 166 g/mol. The highest BCUT2D eigenvalue weighted by atomic mass is 19.3. The van der Waals surface area contributed by atoms with Crippen LogP contribution in [0.25, 0.3) is 0 Å². The molecule has 0 unspecified atom stereocenters. The zero-order valence-electron chi connectivity index (χ0n) is 6.26. The van der Waals surface area contributed by atoms with Crippen LogP contribution in [0.4, 0.5) is 8.78 Å². The second kappa shape index (κ2) is 3.34. The van der Waals surface area contributed by atoms with Gasteiger partial charge in [0, 0.05) is 6.07 Å². The summed E-state index contributed by atoms with van der Waals surface area (Å²) in [5.74, 6) is 0. The summed E-state index contributed by atoms with van der Waals surface area (Å²) in [7, 11) is 0. The Bertz CT molecular complexity index is 326. The standard InChI is InChI=1S/C7H8F2N2O/c1-2-3-11-6(12)4-5(10-11)7(8)9/h2,4,7,10H,1,3H2. The first-order valence-electron chi connectivity index (χ1n) is 3.34. The van der Waals surface area contributed by atoms with Gasteiger partial charge in [-0.25, -0.2) is 13.5 Å². The molecule has 0 saturated heterocycles. The minimum atomic E-state index is -2.64. The van der Waals surface area contributed by atoms with E-state index in [1.807, 2.05) is 0 Å². The summed E-state index contributed by atoms with van der Waals surface area (Å²) in [6.45, 7) is 3.60. The van der Waals surface area contributed by atoms with Crippen LogP contribution in [-0.4, -0.2) is 9.78 Å². The van der Waals surface area contributed by atoms with Crippen molar-refractivity contribution in [3.8, 4) is 0 Å². The Morgan fingerprint density at radius 2 is 2.42 bits per heavy atom. The number of aromatic amines is 1. The summed E-state index contributed by atoms with van der Waals surface area (Å²) < 4.78 is 25.0. The fourth-order valence-electron chi connectivity index (χ4n) is 0.831. The van der Waals surface area contributed by atoms with Gasteiger partial charge in [0.2, 0.25) is 0 Å². The summed E-state index contributed by atoms with van der Waals surface area (Å²) in [5, 5.41) is 2.26. The number of aromatic nitrogens is 2. The third-order valence-corrected chi connectivity index (χ3v) is 1.36. The molecule has 5 heteroatoms. The van der Waals surface area contributed by atoms with E-state index in [0.29, 0.717) is 0 Å². The number of hydrogen-bond donors (Lipinski definition) is 1. The zero-order valence-corrected chi connectivity index (χ0v) is 6.26. The zero-order chi connectivity index (χ0) is 9.14. The lowest BCUT2D eigenvalue weighted by atomic mass is 10.5. The maximum absolute atomic E-state index is 12.0. The van der Waals surface area contributed by atoms with Gasteiger partial charge in [-0.2, -0.15) is 0 Å². The second-order valence-corrected chi connectivity index (χ2v) is 2.25. The van der Waals surface area contributed by atoms with E-state index in [9.17, 15) is 13.6 Å². The molecule has 1 N–H and O–H groups in total. The number of allylic oxidation sites excluding steroid dienone is 1. The Labute approximate surface area is 67.3 Å². The Kier molecular flexibility index (Phi) is 2.42. The number of nitrogens with zero attached hydrogens (tertiary/aromatic N) is 1. The Balaban J connectivity index is 3.00. The average molecular weight is 174 g/mol. The third-order valence-electron chi connectivity index (χ3n) is 1.36. The number of halogens is 2. The topological polar surface area (TPSA) is 37.8 Å². The molecule has 1 aromatic heterocycles. The molecule has 0 saturated carbocycles. The van der Waals surface area contributed by atoms with Crippen molar-refractivity contribution in [1.82, 2.24) is 9.78 Å². The summed E-state index contributed by atoms with van der Waals surface area (Å²) in [6, 6.07) is 0.883. The molecule has 0 amide bonds. The lowest BCUT2D eigenvalue weighted by Crippen LogP contribution is -2.14. The van der Waals surface area contributed by atoms with Gasteiger partial charge >= 0.3 is 0 Å². The van der Waals surface area contributed by atoms with E-state index < -0.39 is 12.0 Å². The normalized spacial score (nSPS) is 10.6. The van der Waals surface area contributed by atoms with E-state index in [4.69, 9.17) is 0 Å². The first-order chi connectivity index (χ1) is 5.65. The monoisotopic (exact) mass is 174 g/mol. The van der Waals surface area contributed by atoms with E-state index in [2.05, 4.69) is 11.7 Å². The van der Waals surface area contributed by atoms with Crippen LogP contribution in [0.15, 0.2) is 23.5 Å². The van der Waals surface area contributed by atoms with Gasteiger partial charge in [0.05, 0.1) is 6.54 Å². The van der Waals surface area contributed by atoms with Crippen LogP contribution in [0, 0.1) is 0 Å². The van der Waals surface area contributed by atoms with Crippen molar-refractivity contribution in [2.24, 2.45) is 0 Å². The Morgan fingerprint density at radius 3 is 2.83 bits per heavy atom. The Hall–Kier alpha value is -1.39. The molecular formula is C7H8F2N2O. The van der Waals surface area contributed by atoms with Gasteiger partial charge in [0.25, 0.3) is 12.0 Å². The summed E-state index contributed by atoms with van der Waals surface area (Å²) in [4.78, 5) is 10.9. The van der Waals surface area contributed by atoms with Crippen molar-refractivity contribution in [3.05, 3.63) is 34.8 Å². The highest BCUT2D eigenvalue weighted by molar-refractivity contribution is 5.01. The molecule has 0 spiro atoms. The predicted molar refractivity (Wildman–Crippen MR) is 40.2 cm³/mol. The highest BCUT2D eigenvalue weighted by Gasteiger charge is 2.10. The number of alkyl halides is 2. The maximum atomic E-state index is 12.0. The quantitative estimate of drug-likeness (QED) is 0.689. The van der Waals surface area contributed by atoms with Crippen LogP contribution < -0.4 is 5.56 Å². The van der Waals surface area contributed by atoms with Crippen LogP contribution in [0.1, 0.15) is 12.1 Å². The van der Waals surface area contributed by atoms with Gasteiger partial charge in [-0.1, -0.05) is 6.08 Å². The van der Waals surface area contributed by atoms with Gasteiger partial charge < -0.3 is 0 Å². The fraction of sp³-hybridized carbons (Fsp3) is 0.286. The number of nitrogens with one attached hydrogen (secondary N) is 1. The van der Waals surface area contributed by atoms with Crippen LogP contribution in [0.2, 0.25) is 0 Å². The van der Waals surface area contributed by atoms with Crippen molar-refractivity contribution in [1.29, 1.82) is 0 Å². The van der Waals surface area contributed by atoms with Gasteiger partial charge in [0.1, 0.15) is 5.69 Å². The molecule has 3 nitrogen and oxygen atoms in total. The lowest BCUT2D eigenvalue weighted by Gasteiger charge is -1.95.